The van der Waals surface area contributed by atoms with Gasteiger partial charge < -0.3 is 10.1 Å². The van der Waals surface area contributed by atoms with Crippen molar-refractivity contribution in [3.63, 3.8) is 0 Å². The number of benzene rings is 1. The standard InChI is InChI=1S/C18H16ClN9O/c1-12(10-28-11-23-26-27-28)29-16-7-13(4-5-15(16)19)14-8-20-18(21-9-14)24-17-3-2-6-22-25-17/h2-9,11-12H,10H2,1H3,(H,20,21,24,25)/t12-/m0/s1. The van der Waals surface area contributed by atoms with Crippen LogP contribution in [0.1, 0.15) is 6.92 Å². The molecule has 0 aliphatic carbocycles. The van der Waals surface area contributed by atoms with Crippen molar-refractivity contribution in [3.05, 3.63) is 60.3 Å². The molecule has 11 heteroatoms. The third kappa shape index (κ3) is 4.79. The highest BCUT2D eigenvalue weighted by Gasteiger charge is 2.11. The molecule has 1 aromatic carbocycles. The smallest absolute Gasteiger partial charge is 0.228 e. The first-order chi connectivity index (χ1) is 14.2. The lowest BCUT2D eigenvalue weighted by molar-refractivity contribution is 0.193. The quantitative estimate of drug-likeness (QED) is 0.491. The van der Waals surface area contributed by atoms with Crippen molar-refractivity contribution in [2.24, 2.45) is 0 Å². The Hall–Kier alpha value is -3.66. The first-order valence-electron chi connectivity index (χ1n) is 8.71. The number of hydrogen-bond acceptors (Lipinski definition) is 9. The van der Waals surface area contributed by atoms with Crippen LogP contribution in [0.15, 0.2) is 55.2 Å². The summed E-state index contributed by atoms with van der Waals surface area (Å²) >= 11 is 6.30. The molecule has 0 radical (unpaired) electrons. The number of anilines is 2. The van der Waals surface area contributed by atoms with E-state index in [9.17, 15) is 0 Å². The minimum Gasteiger partial charge on any atom is -0.487 e. The maximum Gasteiger partial charge on any atom is 0.228 e. The number of rotatable bonds is 7. The Balaban J connectivity index is 1.47. The van der Waals surface area contributed by atoms with E-state index in [1.165, 1.54) is 6.33 Å². The highest BCUT2D eigenvalue weighted by molar-refractivity contribution is 6.32. The monoisotopic (exact) mass is 409 g/mol. The summed E-state index contributed by atoms with van der Waals surface area (Å²) in [6.07, 6.45) is 6.37. The minimum atomic E-state index is -0.180. The van der Waals surface area contributed by atoms with E-state index in [-0.39, 0.29) is 6.10 Å². The zero-order valence-electron chi connectivity index (χ0n) is 15.3. The summed E-state index contributed by atoms with van der Waals surface area (Å²) < 4.78 is 7.56. The van der Waals surface area contributed by atoms with Crippen LogP contribution in [0.4, 0.5) is 11.8 Å². The SMILES string of the molecule is C[C@@H](Cn1cnnn1)Oc1cc(-c2cnc(Nc3cccnn3)nc2)ccc1Cl. The fourth-order valence-corrected chi connectivity index (χ4v) is 2.74. The number of nitrogens with zero attached hydrogens (tertiary/aromatic N) is 8. The Bertz CT molecular complexity index is 1060. The van der Waals surface area contributed by atoms with E-state index >= 15 is 0 Å². The molecule has 0 aliphatic heterocycles. The van der Waals surface area contributed by atoms with Crippen molar-refractivity contribution in [2.45, 2.75) is 19.6 Å². The van der Waals surface area contributed by atoms with Gasteiger partial charge >= 0.3 is 0 Å². The Morgan fingerprint density at radius 1 is 1.14 bits per heavy atom. The summed E-state index contributed by atoms with van der Waals surface area (Å²) in [4.78, 5) is 8.65. The Kier molecular flexibility index (Phi) is 5.52. The lowest BCUT2D eigenvalue weighted by Crippen LogP contribution is -2.20. The van der Waals surface area contributed by atoms with E-state index in [4.69, 9.17) is 16.3 Å². The van der Waals surface area contributed by atoms with Gasteiger partial charge in [0.25, 0.3) is 0 Å². The largest absolute Gasteiger partial charge is 0.487 e. The summed E-state index contributed by atoms with van der Waals surface area (Å²) in [6, 6.07) is 9.08. The zero-order chi connectivity index (χ0) is 20.1. The van der Waals surface area contributed by atoms with Crippen LogP contribution in [0.5, 0.6) is 5.75 Å². The van der Waals surface area contributed by atoms with Crippen molar-refractivity contribution >= 4 is 23.4 Å². The average molecular weight is 410 g/mol. The highest BCUT2D eigenvalue weighted by Crippen LogP contribution is 2.31. The molecule has 0 spiro atoms. The lowest BCUT2D eigenvalue weighted by atomic mass is 10.1. The van der Waals surface area contributed by atoms with Crippen LogP contribution >= 0.6 is 11.6 Å². The molecular weight excluding hydrogens is 394 g/mol. The molecule has 1 atom stereocenters. The number of halogens is 1. The van der Waals surface area contributed by atoms with Gasteiger partial charge in [-0.25, -0.2) is 14.6 Å². The van der Waals surface area contributed by atoms with Crippen LogP contribution in [0.2, 0.25) is 5.02 Å². The molecule has 0 saturated carbocycles. The second-order valence-corrected chi connectivity index (χ2v) is 6.54. The zero-order valence-corrected chi connectivity index (χ0v) is 16.1. The molecule has 4 rings (SSSR count). The van der Waals surface area contributed by atoms with Gasteiger partial charge in [-0.2, -0.15) is 5.10 Å². The van der Waals surface area contributed by atoms with Crippen molar-refractivity contribution in [1.82, 2.24) is 40.4 Å². The number of ether oxygens (including phenoxy) is 1. The number of hydrogen-bond donors (Lipinski definition) is 1. The van der Waals surface area contributed by atoms with Crippen molar-refractivity contribution < 1.29 is 4.74 Å². The predicted octanol–water partition coefficient (Wildman–Crippen LogP) is 2.78. The van der Waals surface area contributed by atoms with Crippen molar-refractivity contribution in [1.29, 1.82) is 0 Å². The molecule has 3 aromatic heterocycles. The molecule has 0 amide bonds. The fraction of sp³-hybridized carbons (Fsp3) is 0.167. The van der Waals surface area contributed by atoms with E-state index in [1.807, 2.05) is 19.1 Å². The summed E-state index contributed by atoms with van der Waals surface area (Å²) in [6.45, 7) is 2.42. The van der Waals surface area contributed by atoms with Crippen LogP contribution in [-0.2, 0) is 6.54 Å². The summed E-state index contributed by atoms with van der Waals surface area (Å²) in [5, 5.41) is 22.3. The van der Waals surface area contributed by atoms with Gasteiger partial charge in [0.2, 0.25) is 5.95 Å². The summed E-state index contributed by atoms with van der Waals surface area (Å²) in [5.41, 5.74) is 1.70. The van der Waals surface area contributed by atoms with Crippen LogP contribution in [0.3, 0.4) is 0 Å². The van der Waals surface area contributed by atoms with Gasteiger partial charge in [0.1, 0.15) is 18.2 Å². The number of tetrazole rings is 1. The van der Waals surface area contributed by atoms with Gasteiger partial charge in [-0.05, 0) is 47.2 Å². The van der Waals surface area contributed by atoms with E-state index in [0.717, 1.165) is 11.1 Å². The van der Waals surface area contributed by atoms with Crippen LogP contribution in [-0.4, -0.2) is 46.5 Å². The predicted molar refractivity (Wildman–Crippen MR) is 106 cm³/mol. The lowest BCUT2D eigenvalue weighted by Gasteiger charge is -2.16. The molecule has 29 heavy (non-hydrogen) atoms. The Morgan fingerprint density at radius 3 is 2.72 bits per heavy atom. The van der Waals surface area contributed by atoms with Gasteiger partial charge in [-0.1, -0.05) is 17.7 Å². The molecule has 146 valence electrons. The van der Waals surface area contributed by atoms with Crippen LogP contribution in [0.25, 0.3) is 11.1 Å². The second-order valence-electron chi connectivity index (χ2n) is 6.13. The topological polar surface area (TPSA) is 116 Å². The fourth-order valence-electron chi connectivity index (χ4n) is 2.58. The Labute approximate surface area is 170 Å². The van der Waals surface area contributed by atoms with E-state index in [1.54, 1.807) is 41.5 Å². The third-order valence-electron chi connectivity index (χ3n) is 3.89. The molecule has 4 aromatic rings. The van der Waals surface area contributed by atoms with Crippen LogP contribution < -0.4 is 10.1 Å². The highest BCUT2D eigenvalue weighted by atomic mass is 35.5. The average Bonchev–Trinajstić information content (AvgIpc) is 3.24. The van der Waals surface area contributed by atoms with Gasteiger partial charge in [0, 0.05) is 24.2 Å². The molecule has 0 unspecified atom stereocenters. The normalized spacial score (nSPS) is 11.8. The number of aromatic nitrogens is 8. The van der Waals surface area contributed by atoms with E-state index in [2.05, 4.69) is 41.0 Å². The second kappa shape index (κ2) is 8.57. The van der Waals surface area contributed by atoms with E-state index < -0.39 is 0 Å². The third-order valence-corrected chi connectivity index (χ3v) is 4.20. The maximum atomic E-state index is 6.30. The first kappa shape index (κ1) is 18.7. The van der Waals surface area contributed by atoms with Crippen LogP contribution in [0, 0.1) is 0 Å². The molecule has 0 fully saturated rings. The Morgan fingerprint density at radius 2 is 2.00 bits per heavy atom. The summed E-state index contributed by atoms with van der Waals surface area (Å²) in [5.74, 6) is 1.56. The van der Waals surface area contributed by atoms with Gasteiger partial charge in [-0.3, -0.25) is 0 Å². The van der Waals surface area contributed by atoms with Gasteiger partial charge in [0.15, 0.2) is 5.82 Å². The molecule has 10 nitrogen and oxygen atoms in total. The molecule has 0 saturated heterocycles. The maximum absolute atomic E-state index is 6.30. The molecule has 0 bridgehead atoms. The first-order valence-corrected chi connectivity index (χ1v) is 9.09. The molecular formula is C18H16ClN9O. The van der Waals surface area contributed by atoms with Crippen molar-refractivity contribution in [3.8, 4) is 16.9 Å². The summed E-state index contributed by atoms with van der Waals surface area (Å²) in [7, 11) is 0. The van der Waals surface area contributed by atoms with Gasteiger partial charge in [-0.15, -0.1) is 10.2 Å². The van der Waals surface area contributed by atoms with Gasteiger partial charge in [0.05, 0.1) is 11.6 Å². The van der Waals surface area contributed by atoms with E-state index in [0.29, 0.717) is 29.1 Å². The molecule has 1 N–H and O–H groups in total. The number of nitrogens with one attached hydrogen (secondary N) is 1. The van der Waals surface area contributed by atoms with Crippen molar-refractivity contribution in [2.75, 3.05) is 5.32 Å². The molecule has 3 heterocycles. The molecule has 0 aliphatic rings. The minimum absolute atomic E-state index is 0.180.